The highest BCUT2D eigenvalue weighted by molar-refractivity contribution is 8.00. The number of benzene rings is 2. The third-order valence-electron chi connectivity index (χ3n) is 6.82. The molecule has 4 N–H and O–H groups in total. The molecule has 2 heterocycles. The molecule has 4 rings (SSSR count). The van der Waals surface area contributed by atoms with Gasteiger partial charge in [-0.15, -0.1) is 16.9 Å². The summed E-state index contributed by atoms with van der Waals surface area (Å²) in [5, 5.41) is 50.8. The predicted molar refractivity (Wildman–Crippen MR) is 144 cm³/mol. The predicted octanol–water partition coefficient (Wildman–Crippen LogP) is 3.79. The van der Waals surface area contributed by atoms with Crippen molar-refractivity contribution < 1.29 is 38.3 Å². The highest BCUT2D eigenvalue weighted by Crippen LogP contribution is 2.47. The standard InChI is InChI=1S/C28H34F3N3O5S/c1-14(2)9-15-7-5-6-8-17(15)26(28(3,4)38)40-27-25(37)23(24(36)21(13-35)39-27)34-12-20(32-33-34)16-10-18(29)22(31)19(30)11-16/h5-8,10-12,14,21,23-27,35-38H,9,13H2,1-4H3/t21-,23+,24+,25-,26-,27+/m1/s1. The molecule has 2 aromatic carbocycles. The molecule has 1 saturated heterocycles. The third-order valence-corrected chi connectivity index (χ3v) is 8.58. The van der Waals surface area contributed by atoms with Gasteiger partial charge < -0.3 is 25.2 Å². The summed E-state index contributed by atoms with van der Waals surface area (Å²) >= 11 is 1.16. The van der Waals surface area contributed by atoms with Crippen LogP contribution in [0.1, 0.15) is 50.1 Å². The number of aliphatic hydroxyl groups excluding tert-OH is 3. The summed E-state index contributed by atoms with van der Waals surface area (Å²) in [6.07, 6.45) is -1.92. The molecule has 6 atom stereocenters. The lowest BCUT2D eigenvalue weighted by molar-refractivity contribution is -0.179. The van der Waals surface area contributed by atoms with Crippen LogP contribution in [0.2, 0.25) is 0 Å². The molecule has 0 saturated carbocycles. The van der Waals surface area contributed by atoms with Gasteiger partial charge in [-0.25, -0.2) is 17.9 Å². The Morgan fingerprint density at radius 3 is 2.33 bits per heavy atom. The first-order chi connectivity index (χ1) is 18.8. The molecule has 1 aromatic heterocycles. The Bertz CT molecular complexity index is 1300. The monoisotopic (exact) mass is 581 g/mol. The van der Waals surface area contributed by atoms with Crippen molar-refractivity contribution in [2.75, 3.05) is 6.61 Å². The zero-order valence-corrected chi connectivity index (χ0v) is 23.4. The summed E-state index contributed by atoms with van der Waals surface area (Å²) in [6, 6.07) is 8.07. The van der Waals surface area contributed by atoms with E-state index in [0.717, 1.165) is 46.1 Å². The quantitative estimate of drug-likeness (QED) is 0.282. The van der Waals surface area contributed by atoms with E-state index in [4.69, 9.17) is 4.74 Å². The van der Waals surface area contributed by atoms with Crippen LogP contribution in [0.25, 0.3) is 11.3 Å². The van der Waals surface area contributed by atoms with Crippen molar-refractivity contribution in [3.63, 3.8) is 0 Å². The Morgan fingerprint density at radius 1 is 1.07 bits per heavy atom. The number of hydrogen-bond donors (Lipinski definition) is 4. The van der Waals surface area contributed by atoms with Crippen LogP contribution in [0.15, 0.2) is 42.6 Å². The van der Waals surface area contributed by atoms with E-state index >= 15 is 0 Å². The van der Waals surface area contributed by atoms with E-state index in [9.17, 15) is 33.6 Å². The molecule has 1 fully saturated rings. The Kier molecular flexibility index (Phi) is 9.28. The summed E-state index contributed by atoms with van der Waals surface area (Å²) in [5.41, 5.74) is -0.480. The van der Waals surface area contributed by atoms with E-state index < -0.39 is 64.7 Å². The molecule has 1 aliphatic rings. The Hall–Kier alpha value is -2.48. The van der Waals surface area contributed by atoms with Crippen LogP contribution < -0.4 is 0 Å². The third kappa shape index (κ3) is 6.37. The van der Waals surface area contributed by atoms with Gasteiger partial charge in [-0.3, -0.25) is 0 Å². The molecule has 3 aromatic rings. The van der Waals surface area contributed by atoms with E-state index in [1.807, 2.05) is 24.3 Å². The van der Waals surface area contributed by atoms with Crippen molar-refractivity contribution in [1.29, 1.82) is 0 Å². The second kappa shape index (κ2) is 12.2. The Labute approximate surface area is 234 Å². The second-order valence-corrected chi connectivity index (χ2v) is 12.2. The molecule has 218 valence electrons. The van der Waals surface area contributed by atoms with Gasteiger partial charge in [-0.2, -0.15) is 0 Å². The maximum atomic E-state index is 13.8. The van der Waals surface area contributed by atoms with E-state index in [-0.39, 0.29) is 11.3 Å². The van der Waals surface area contributed by atoms with Crippen LogP contribution in [-0.4, -0.2) is 71.4 Å². The van der Waals surface area contributed by atoms with Crippen LogP contribution >= 0.6 is 11.8 Å². The lowest BCUT2D eigenvalue weighted by atomic mass is 9.90. The van der Waals surface area contributed by atoms with Crippen LogP contribution in [0.3, 0.4) is 0 Å². The molecule has 40 heavy (non-hydrogen) atoms. The van der Waals surface area contributed by atoms with Gasteiger partial charge in [0.05, 0.1) is 23.7 Å². The largest absolute Gasteiger partial charge is 0.394 e. The molecular weight excluding hydrogens is 547 g/mol. The van der Waals surface area contributed by atoms with Gasteiger partial charge in [-0.05, 0) is 49.4 Å². The SMILES string of the molecule is CC(C)Cc1ccccc1[C@@H](S[C@@H]1O[C@H](CO)[C@H](O)[C@H](n2cc(-c3cc(F)c(F)c(F)c3)nn2)[C@H]1O)C(C)(C)O. The van der Waals surface area contributed by atoms with Gasteiger partial charge in [-0.1, -0.05) is 43.3 Å². The molecule has 12 heteroatoms. The van der Waals surface area contributed by atoms with E-state index in [1.165, 1.54) is 6.20 Å². The van der Waals surface area contributed by atoms with Crippen molar-refractivity contribution >= 4 is 11.8 Å². The molecule has 0 unspecified atom stereocenters. The van der Waals surface area contributed by atoms with Crippen LogP contribution in [0.4, 0.5) is 13.2 Å². The normalized spacial score (nSPS) is 24.4. The van der Waals surface area contributed by atoms with E-state index in [2.05, 4.69) is 24.2 Å². The number of ether oxygens (including phenoxy) is 1. The van der Waals surface area contributed by atoms with E-state index in [1.54, 1.807) is 13.8 Å². The lowest BCUT2D eigenvalue weighted by Crippen LogP contribution is -2.55. The minimum absolute atomic E-state index is 0.0228. The minimum Gasteiger partial charge on any atom is -0.394 e. The van der Waals surface area contributed by atoms with Crippen molar-refractivity contribution in [2.24, 2.45) is 5.92 Å². The fourth-order valence-corrected chi connectivity index (χ4v) is 6.43. The van der Waals surface area contributed by atoms with Crippen LogP contribution in [0.5, 0.6) is 0 Å². The van der Waals surface area contributed by atoms with Gasteiger partial charge in [0, 0.05) is 5.56 Å². The molecule has 0 spiro atoms. The fourth-order valence-electron chi connectivity index (χ4n) is 4.92. The van der Waals surface area contributed by atoms with Crippen molar-refractivity contribution in [3.8, 4) is 11.3 Å². The molecule has 0 aliphatic carbocycles. The van der Waals surface area contributed by atoms with E-state index in [0.29, 0.717) is 5.92 Å². The highest BCUT2D eigenvalue weighted by atomic mass is 32.2. The molecule has 1 aliphatic heterocycles. The van der Waals surface area contributed by atoms with Crippen molar-refractivity contribution in [1.82, 2.24) is 15.0 Å². The number of rotatable bonds is 9. The zero-order valence-electron chi connectivity index (χ0n) is 22.6. The number of thioether (sulfide) groups is 1. The van der Waals surface area contributed by atoms with Crippen molar-refractivity contribution in [2.45, 2.75) is 74.8 Å². The lowest BCUT2D eigenvalue weighted by Gasteiger charge is -2.44. The fraction of sp³-hybridized carbons (Fsp3) is 0.500. The number of aromatic nitrogens is 3. The first-order valence-corrected chi connectivity index (χ1v) is 13.9. The smallest absolute Gasteiger partial charge is 0.194 e. The topological polar surface area (TPSA) is 121 Å². The average Bonchev–Trinajstić information content (AvgIpc) is 3.36. The van der Waals surface area contributed by atoms with Crippen LogP contribution in [0, 0.1) is 23.4 Å². The minimum atomic E-state index is -1.62. The number of nitrogens with zero attached hydrogens (tertiary/aromatic N) is 3. The molecular formula is C28H34F3N3O5S. The Morgan fingerprint density at radius 2 is 1.73 bits per heavy atom. The first-order valence-electron chi connectivity index (χ1n) is 13.0. The van der Waals surface area contributed by atoms with Gasteiger partial charge in [0.15, 0.2) is 17.5 Å². The number of aliphatic hydroxyl groups is 4. The summed E-state index contributed by atoms with van der Waals surface area (Å²) in [5.74, 6) is -4.06. The maximum absolute atomic E-state index is 13.8. The molecule has 0 bridgehead atoms. The van der Waals surface area contributed by atoms with Gasteiger partial charge in [0.2, 0.25) is 0 Å². The Balaban J connectivity index is 1.67. The average molecular weight is 582 g/mol. The van der Waals surface area contributed by atoms with Crippen molar-refractivity contribution in [3.05, 3.63) is 71.2 Å². The molecule has 0 amide bonds. The maximum Gasteiger partial charge on any atom is 0.194 e. The summed E-state index contributed by atoms with van der Waals surface area (Å²) < 4.78 is 48.1. The molecule has 0 radical (unpaired) electrons. The van der Waals surface area contributed by atoms with Gasteiger partial charge in [0.1, 0.15) is 35.5 Å². The van der Waals surface area contributed by atoms with Gasteiger partial charge >= 0.3 is 0 Å². The summed E-state index contributed by atoms with van der Waals surface area (Å²) in [4.78, 5) is 0. The zero-order chi connectivity index (χ0) is 29.4. The highest BCUT2D eigenvalue weighted by Gasteiger charge is 2.48. The first kappa shape index (κ1) is 30.5. The number of halogens is 3. The van der Waals surface area contributed by atoms with Gasteiger partial charge in [0.25, 0.3) is 0 Å². The summed E-state index contributed by atoms with van der Waals surface area (Å²) in [6.45, 7) is 6.93. The number of hydrogen-bond acceptors (Lipinski definition) is 8. The van der Waals surface area contributed by atoms with Crippen LogP contribution in [-0.2, 0) is 11.2 Å². The summed E-state index contributed by atoms with van der Waals surface area (Å²) in [7, 11) is 0. The second-order valence-electron chi connectivity index (χ2n) is 11.0. The molecule has 8 nitrogen and oxygen atoms in total.